The number of fused-ring (bicyclic) bond motifs is 4. The molecule has 0 aliphatic carbocycles. The number of para-hydroxylation sites is 1. The van der Waals surface area contributed by atoms with Crippen LogP contribution in [0.25, 0.3) is 5.70 Å². The Bertz CT molecular complexity index is 887. The van der Waals surface area contributed by atoms with Crippen molar-refractivity contribution in [3.05, 3.63) is 70.8 Å². The molecule has 0 saturated carbocycles. The van der Waals surface area contributed by atoms with Gasteiger partial charge in [0.05, 0.1) is 44.2 Å². The third-order valence-corrected chi connectivity index (χ3v) is 6.57. The van der Waals surface area contributed by atoms with Crippen LogP contribution >= 0.6 is 11.6 Å². The fourth-order valence-corrected chi connectivity index (χ4v) is 4.98. The minimum atomic E-state index is -0.291. The maximum Gasteiger partial charge on any atom is 0.191 e. The van der Waals surface area contributed by atoms with Crippen LogP contribution in [0.5, 0.6) is 5.75 Å². The van der Waals surface area contributed by atoms with Crippen molar-refractivity contribution in [2.24, 2.45) is 0 Å². The van der Waals surface area contributed by atoms with E-state index in [0.717, 1.165) is 48.0 Å². The lowest BCUT2D eigenvalue weighted by Crippen LogP contribution is -3.14. The smallest absolute Gasteiger partial charge is 0.191 e. The number of nitrogens with zero attached hydrogens (tertiary/aromatic N) is 1. The molecule has 0 bridgehead atoms. The molecule has 1 spiro atoms. The van der Waals surface area contributed by atoms with Gasteiger partial charge in [-0.25, -0.2) is 0 Å². The highest BCUT2D eigenvalue weighted by Gasteiger charge is 2.52. The Kier molecular flexibility index (Phi) is 4.58. The number of likely N-dealkylation sites (tertiary alicyclic amines) is 1. The molecule has 3 aliphatic heterocycles. The van der Waals surface area contributed by atoms with Gasteiger partial charge in [-0.2, -0.15) is 5.01 Å². The van der Waals surface area contributed by atoms with Crippen molar-refractivity contribution >= 4 is 17.3 Å². The lowest BCUT2D eigenvalue weighted by atomic mass is 9.92. The maximum atomic E-state index is 6.70. The number of ether oxygens (including phenoxy) is 1. The zero-order valence-electron chi connectivity index (χ0n) is 16.2. The Morgan fingerprint density at radius 1 is 1.14 bits per heavy atom. The average Bonchev–Trinajstić information content (AvgIpc) is 3.17. The summed E-state index contributed by atoms with van der Waals surface area (Å²) in [5.41, 5.74) is 6.92. The van der Waals surface area contributed by atoms with Gasteiger partial charge in [0.15, 0.2) is 5.72 Å². The monoisotopic (exact) mass is 396 g/mol. The lowest BCUT2D eigenvalue weighted by Gasteiger charge is -2.50. The number of hydrogen-bond acceptors (Lipinski definition) is 3. The number of rotatable bonds is 3. The van der Waals surface area contributed by atoms with Gasteiger partial charge in [0.2, 0.25) is 0 Å². The standard InChI is InChI=1S/C23H26ClN3O/c1-2-13-26-14-11-23(12-15-26)27-21(19-5-3-4-6-22(19)28-23)16-20(25-27)17-7-9-18(24)10-8-17/h3-10,16,21,25H,2,11-15H2,1H3/p+1/t21-/m0/s1. The normalized spacial score (nSPS) is 28.9. The zero-order chi connectivity index (χ0) is 19.1. The van der Waals surface area contributed by atoms with Crippen LogP contribution in [0.15, 0.2) is 54.6 Å². The first kappa shape index (κ1) is 18.0. The molecule has 1 saturated heterocycles. The van der Waals surface area contributed by atoms with Gasteiger partial charge < -0.3 is 15.1 Å². The fourth-order valence-electron chi connectivity index (χ4n) is 4.86. The van der Waals surface area contributed by atoms with E-state index in [2.05, 4.69) is 59.8 Å². The molecule has 1 atom stereocenters. The predicted octanol–water partition coefficient (Wildman–Crippen LogP) is 3.42. The summed E-state index contributed by atoms with van der Waals surface area (Å²) in [6, 6.07) is 16.7. The molecule has 2 N–H and O–H groups in total. The number of nitrogens with one attached hydrogen (secondary N) is 2. The van der Waals surface area contributed by atoms with Crippen molar-refractivity contribution in [2.45, 2.75) is 38.0 Å². The van der Waals surface area contributed by atoms with Gasteiger partial charge in [-0.15, -0.1) is 0 Å². The summed E-state index contributed by atoms with van der Waals surface area (Å²) in [4.78, 5) is 1.69. The first-order valence-electron chi connectivity index (χ1n) is 10.3. The summed E-state index contributed by atoms with van der Waals surface area (Å²) in [7, 11) is 0. The minimum Gasteiger partial charge on any atom is -0.470 e. The summed E-state index contributed by atoms with van der Waals surface area (Å²) in [5.74, 6) is 1.03. The second-order valence-corrected chi connectivity index (χ2v) is 8.54. The first-order valence-corrected chi connectivity index (χ1v) is 10.7. The summed E-state index contributed by atoms with van der Waals surface area (Å²) in [5, 5.41) is 3.12. The summed E-state index contributed by atoms with van der Waals surface area (Å²) in [6.45, 7) is 5.82. The topological polar surface area (TPSA) is 28.9 Å². The molecule has 5 heteroatoms. The molecule has 2 aromatic rings. The molecule has 0 amide bonds. The highest BCUT2D eigenvalue weighted by atomic mass is 35.5. The molecule has 3 heterocycles. The molecule has 5 rings (SSSR count). The molecule has 2 aromatic carbocycles. The second kappa shape index (κ2) is 7.11. The van der Waals surface area contributed by atoms with E-state index < -0.39 is 0 Å². The van der Waals surface area contributed by atoms with E-state index in [1.165, 1.54) is 18.5 Å². The average molecular weight is 397 g/mol. The van der Waals surface area contributed by atoms with Crippen LogP contribution in [0.1, 0.15) is 43.4 Å². The van der Waals surface area contributed by atoms with Gasteiger partial charge >= 0.3 is 0 Å². The van der Waals surface area contributed by atoms with E-state index >= 15 is 0 Å². The molecule has 0 radical (unpaired) electrons. The Labute approximate surface area is 171 Å². The van der Waals surface area contributed by atoms with Crippen molar-refractivity contribution in [3.8, 4) is 5.75 Å². The predicted molar refractivity (Wildman–Crippen MR) is 112 cm³/mol. The van der Waals surface area contributed by atoms with Crippen LogP contribution in [0.2, 0.25) is 5.02 Å². The number of piperidine rings is 1. The van der Waals surface area contributed by atoms with Crippen molar-refractivity contribution in [3.63, 3.8) is 0 Å². The van der Waals surface area contributed by atoms with Gasteiger partial charge in [0.25, 0.3) is 0 Å². The molecule has 0 aromatic heterocycles. The molecule has 4 nitrogen and oxygen atoms in total. The Balaban J connectivity index is 1.49. The second-order valence-electron chi connectivity index (χ2n) is 8.10. The van der Waals surface area contributed by atoms with Crippen LogP contribution in [0.4, 0.5) is 0 Å². The van der Waals surface area contributed by atoms with E-state index in [9.17, 15) is 0 Å². The van der Waals surface area contributed by atoms with Gasteiger partial charge in [-0.05, 0) is 36.3 Å². The molecular weight excluding hydrogens is 370 g/mol. The van der Waals surface area contributed by atoms with E-state index in [1.54, 1.807) is 4.90 Å². The van der Waals surface area contributed by atoms with E-state index in [0.29, 0.717) is 0 Å². The van der Waals surface area contributed by atoms with E-state index in [-0.39, 0.29) is 11.8 Å². The van der Waals surface area contributed by atoms with Gasteiger partial charge in [0, 0.05) is 10.6 Å². The highest BCUT2D eigenvalue weighted by Crippen LogP contribution is 2.47. The number of hydrazine groups is 1. The molecule has 28 heavy (non-hydrogen) atoms. The zero-order valence-corrected chi connectivity index (χ0v) is 17.0. The number of hydrogen-bond donors (Lipinski definition) is 2. The Morgan fingerprint density at radius 2 is 1.89 bits per heavy atom. The summed E-state index contributed by atoms with van der Waals surface area (Å²) < 4.78 is 6.70. The summed E-state index contributed by atoms with van der Waals surface area (Å²) in [6.07, 6.45) is 5.63. The molecule has 1 fully saturated rings. The minimum absolute atomic E-state index is 0.184. The maximum absolute atomic E-state index is 6.70. The molecule has 3 aliphatic rings. The van der Waals surface area contributed by atoms with Crippen molar-refractivity contribution in [2.75, 3.05) is 19.6 Å². The van der Waals surface area contributed by atoms with E-state index in [1.807, 2.05) is 12.1 Å². The van der Waals surface area contributed by atoms with Crippen molar-refractivity contribution in [1.82, 2.24) is 10.4 Å². The molecule has 146 valence electrons. The van der Waals surface area contributed by atoms with Gasteiger partial charge in [-0.1, -0.05) is 48.9 Å². The van der Waals surface area contributed by atoms with Crippen LogP contribution in [0, 0.1) is 0 Å². The number of halogens is 1. The lowest BCUT2D eigenvalue weighted by molar-refractivity contribution is -0.908. The fraction of sp³-hybridized carbons (Fsp3) is 0.391. The van der Waals surface area contributed by atoms with Crippen LogP contribution in [-0.4, -0.2) is 30.4 Å². The molecular formula is C23H27ClN3O+. The third-order valence-electron chi connectivity index (χ3n) is 6.32. The van der Waals surface area contributed by atoms with Crippen LogP contribution in [0.3, 0.4) is 0 Å². The van der Waals surface area contributed by atoms with Crippen LogP contribution in [-0.2, 0) is 0 Å². The van der Waals surface area contributed by atoms with Crippen molar-refractivity contribution < 1.29 is 9.64 Å². The van der Waals surface area contributed by atoms with Gasteiger partial charge in [-0.3, -0.25) is 0 Å². The van der Waals surface area contributed by atoms with Crippen LogP contribution < -0.4 is 15.1 Å². The Morgan fingerprint density at radius 3 is 2.64 bits per heavy atom. The quantitative estimate of drug-likeness (QED) is 0.832. The largest absolute Gasteiger partial charge is 0.470 e. The molecule has 0 unspecified atom stereocenters. The van der Waals surface area contributed by atoms with Crippen molar-refractivity contribution in [1.29, 1.82) is 0 Å². The first-order chi connectivity index (χ1) is 13.7. The number of quaternary nitrogens is 1. The Hall–Kier alpha value is -2.01. The third kappa shape index (κ3) is 3.00. The summed E-state index contributed by atoms with van der Waals surface area (Å²) >= 11 is 6.09. The van der Waals surface area contributed by atoms with Gasteiger partial charge in [0.1, 0.15) is 5.75 Å². The SMILES string of the molecule is CCC[NH+]1CCC2(CC1)Oc1ccccc1[C@@H]1C=C(c3ccc(Cl)cc3)NN12. The van der Waals surface area contributed by atoms with E-state index in [4.69, 9.17) is 16.3 Å². The highest BCUT2D eigenvalue weighted by molar-refractivity contribution is 6.30. The number of benzene rings is 2.